The molecule has 0 aliphatic carbocycles. The van der Waals surface area contributed by atoms with E-state index in [2.05, 4.69) is 49.4 Å². The number of hydrogen-bond donors (Lipinski definition) is 2. The summed E-state index contributed by atoms with van der Waals surface area (Å²) in [6.07, 6.45) is -2.66. The van der Waals surface area contributed by atoms with E-state index in [1.165, 1.54) is 21.6 Å². The van der Waals surface area contributed by atoms with Crippen LogP contribution in [0.15, 0.2) is 108 Å². The highest BCUT2D eigenvalue weighted by molar-refractivity contribution is 7.99. The van der Waals surface area contributed by atoms with E-state index in [4.69, 9.17) is 14.2 Å². The number of aryl methyl sites for hydroxylation is 1. The van der Waals surface area contributed by atoms with E-state index in [0.29, 0.717) is 13.2 Å². The van der Waals surface area contributed by atoms with Crippen LogP contribution in [0.3, 0.4) is 0 Å². The second-order valence-electron chi connectivity index (χ2n) is 11.0. The van der Waals surface area contributed by atoms with Crippen LogP contribution >= 0.6 is 11.8 Å². The number of aliphatic hydroxyl groups excluding tert-OH is 2. The first-order valence-corrected chi connectivity index (χ1v) is 15.7. The van der Waals surface area contributed by atoms with Gasteiger partial charge in [-0.2, -0.15) is 0 Å². The SMILES string of the molecule is CCc1ccc(C2CSc3ccc(C4OC(CO)C(O)C(OCc5ccccc5)C4OCc4ccccc4)cc32)cc1. The fraction of sp³-hybridized carbons (Fsp3) is 0.333. The lowest BCUT2D eigenvalue weighted by Crippen LogP contribution is -2.57. The summed E-state index contributed by atoms with van der Waals surface area (Å²) in [5.41, 5.74) is 6.91. The smallest absolute Gasteiger partial charge is 0.117 e. The highest BCUT2D eigenvalue weighted by atomic mass is 32.2. The van der Waals surface area contributed by atoms with Crippen molar-refractivity contribution < 1.29 is 24.4 Å². The Morgan fingerprint density at radius 2 is 1.38 bits per heavy atom. The van der Waals surface area contributed by atoms with Crippen LogP contribution in [0.1, 0.15) is 52.3 Å². The molecule has 1 saturated heterocycles. The lowest BCUT2D eigenvalue weighted by Gasteiger charge is -2.44. The molecule has 218 valence electrons. The van der Waals surface area contributed by atoms with Gasteiger partial charge in [-0.1, -0.05) is 104 Å². The zero-order chi connectivity index (χ0) is 28.9. The normalized spacial score (nSPS) is 25.3. The molecule has 42 heavy (non-hydrogen) atoms. The maximum atomic E-state index is 11.3. The Kier molecular flexibility index (Phi) is 9.40. The first-order chi connectivity index (χ1) is 20.6. The lowest BCUT2D eigenvalue weighted by molar-refractivity contribution is -0.260. The highest BCUT2D eigenvalue weighted by Crippen LogP contribution is 2.46. The molecule has 6 unspecified atom stereocenters. The quantitative estimate of drug-likeness (QED) is 0.224. The van der Waals surface area contributed by atoms with Crippen LogP contribution in [-0.2, 0) is 33.8 Å². The lowest BCUT2D eigenvalue weighted by atomic mass is 9.87. The van der Waals surface area contributed by atoms with Gasteiger partial charge >= 0.3 is 0 Å². The molecule has 6 rings (SSSR count). The van der Waals surface area contributed by atoms with Gasteiger partial charge in [0.2, 0.25) is 0 Å². The fourth-order valence-electron chi connectivity index (χ4n) is 5.92. The van der Waals surface area contributed by atoms with Gasteiger partial charge in [-0.15, -0.1) is 11.8 Å². The molecule has 4 aromatic rings. The second kappa shape index (κ2) is 13.6. The molecule has 0 radical (unpaired) electrons. The van der Waals surface area contributed by atoms with Crippen molar-refractivity contribution in [1.82, 2.24) is 0 Å². The van der Waals surface area contributed by atoms with Crippen molar-refractivity contribution in [3.8, 4) is 0 Å². The number of hydrogen-bond acceptors (Lipinski definition) is 6. The maximum absolute atomic E-state index is 11.3. The summed E-state index contributed by atoms with van der Waals surface area (Å²) < 4.78 is 19.4. The molecule has 2 aliphatic rings. The first-order valence-electron chi connectivity index (χ1n) is 14.8. The van der Waals surface area contributed by atoms with Crippen molar-refractivity contribution in [2.24, 2.45) is 0 Å². The highest BCUT2D eigenvalue weighted by Gasteiger charge is 2.47. The number of thioether (sulfide) groups is 1. The van der Waals surface area contributed by atoms with Crippen molar-refractivity contribution >= 4 is 11.8 Å². The topological polar surface area (TPSA) is 68.2 Å². The van der Waals surface area contributed by atoms with Crippen LogP contribution in [0.4, 0.5) is 0 Å². The van der Waals surface area contributed by atoms with Gasteiger partial charge in [0.05, 0.1) is 19.8 Å². The first kappa shape index (κ1) is 29.1. The van der Waals surface area contributed by atoms with Gasteiger partial charge in [-0.3, -0.25) is 0 Å². The molecule has 2 heterocycles. The Morgan fingerprint density at radius 1 is 0.762 bits per heavy atom. The fourth-order valence-corrected chi connectivity index (χ4v) is 7.18. The van der Waals surface area contributed by atoms with E-state index in [-0.39, 0.29) is 12.5 Å². The van der Waals surface area contributed by atoms with Gasteiger partial charge in [0, 0.05) is 16.6 Å². The monoisotopic (exact) mass is 582 g/mol. The van der Waals surface area contributed by atoms with Crippen molar-refractivity contribution in [2.75, 3.05) is 12.4 Å². The number of fused-ring (bicyclic) bond motifs is 1. The van der Waals surface area contributed by atoms with E-state index in [1.807, 2.05) is 72.4 Å². The molecule has 1 fully saturated rings. The maximum Gasteiger partial charge on any atom is 0.117 e. The predicted molar refractivity (Wildman–Crippen MR) is 166 cm³/mol. The zero-order valence-corrected chi connectivity index (χ0v) is 24.7. The number of benzene rings is 4. The molecule has 5 nitrogen and oxygen atoms in total. The average molecular weight is 583 g/mol. The van der Waals surface area contributed by atoms with Gasteiger partial charge in [0.25, 0.3) is 0 Å². The molecule has 0 spiro atoms. The molecule has 0 saturated carbocycles. The zero-order valence-electron chi connectivity index (χ0n) is 23.8. The summed E-state index contributed by atoms with van der Waals surface area (Å²) in [5, 5.41) is 21.6. The van der Waals surface area contributed by atoms with Crippen LogP contribution in [0, 0.1) is 0 Å². The predicted octanol–water partition coefficient (Wildman–Crippen LogP) is 6.45. The van der Waals surface area contributed by atoms with Crippen molar-refractivity contribution in [3.05, 3.63) is 137 Å². The largest absolute Gasteiger partial charge is 0.394 e. The molecule has 2 N–H and O–H groups in total. The van der Waals surface area contributed by atoms with Crippen LogP contribution in [0.2, 0.25) is 0 Å². The summed E-state index contributed by atoms with van der Waals surface area (Å²) in [6, 6.07) is 35.3. The van der Waals surface area contributed by atoms with Gasteiger partial charge in [0.1, 0.15) is 30.5 Å². The van der Waals surface area contributed by atoms with Gasteiger partial charge in [-0.25, -0.2) is 0 Å². The molecule has 0 bridgehead atoms. The van der Waals surface area contributed by atoms with E-state index >= 15 is 0 Å². The summed E-state index contributed by atoms with van der Waals surface area (Å²) in [6.45, 7) is 2.52. The summed E-state index contributed by atoms with van der Waals surface area (Å²) in [5.74, 6) is 1.28. The molecule has 0 amide bonds. The molecule has 0 aromatic heterocycles. The minimum absolute atomic E-state index is 0.285. The minimum Gasteiger partial charge on any atom is -0.394 e. The van der Waals surface area contributed by atoms with Crippen molar-refractivity contribution in [1.29, 1.82) is 0 Å². The van der Waals surface area contributed by atoms with Crippen LogP contribution in [-0.4, -0.2) is 47.0 Å². The molecular formula is C36H38O5S. The van der Waals surface area contributed by atoms with Gasteiger partial charge < -0.3 is 24.4 Å². The summed E-state index contributed by atoms with van der Waals surface area (Å²) >= 11 is 1.88. The van der Waals surface area contributed by atoms with E-state index in [0.717, 1.165) is 28.9 Å². The number of ether oxygens (including phenoxy) is 3. The molecule has 6 atom stereocenters. The average Bonchev–Trinajstić information content (AvgIpc) is 3.47. The second-order valence-corrected chi connectivity index (χ2v) is 12.1. The summed E-state index contributed by atoms with van der Waals surface area (Å²) in [7, 11) is 0. The van der Waals surface area contributed by atoms with E-state index in [9.17, 15) is 10.2 Å². The van der Waals surface area contributed by atoms with Crippen LogP contribution in [0.25, 0.3) is 0 Å². The van der Waals surface area contributed by atoms with E-state index < -0.39 is 30.5 Å². The van der Waals surface area contributed by atoms with Crippen molar-refractivity contribution in [2.45, 2.75) is 67.9 Å². The molecule has 4 aromatic carbocycles. The third kappa shape index (κ3) is 6.35. The summed E-state index contributed by atoms with van der Waals surface area (Å²) in [4.78, 5) is 1.27. The third-order valence-corrected chi connectivity index (χ3v) is 9.53. The van der Waals surface area contributed by atoms with Gasteiger partial charge in [0.15, 0.2) is 0 Å². The molecule has 6 heteroatoms. The Bertz CT molecular complexity index is 1430. The van der Waals surface area contributed by atoms with Crippen LogP contribution < -0.4 is 0 Å². The Labute approximate surface area is 252 Å². The van der Waals surface area contributed by atoms with Crippen molar-refractivity contribution in [3.63, 3.8) is 0 Å². The number of aliphatic hydroxyl groups is 2. The Hall–Kier alpha value is -2.97. The Morgan fingerprint density at radius 3 is 2.00 bits per heavy atom. The van der Waals surface area contributed by atoms with Crippen LogP contribution in [0.5, 0.6) is 0 Å². The number of rotatable bonds is 10. The molecule has 2 aliphatic heterocycles. The minimum atomic E-state index is -1.05. The Balaban J connectivity index is 1.33. The van der Waals surface area contributed by atoms with E-state index in [1.54, 1.807) is 0 Å². The third-order valence-electron chi connectivity index (χ3n) is 8.35. The van der Waals surface area contributed by atoms with Gasteiger partial charge in [-0.05, 0) is 45.9 Å². The standard InChI is InChI=1S/C36H38O5S/c1-2-24-13-15-27(16-14-24)30-23-42-32-18-17-28(19-29(30)32)34-36(40-22-26-11-7-4-8-12-26)35(33(38)31(20-37)41-34)39-21-25-9-5-3-6-10-25/h3-19,30-31,33-38H,2,20-23H2,1H3. The molecular weight excluding hydrogens is 544 g/mol.